The first-order chi connectivity index (χ1) is 7.09. The van der Waals surface area contributed by atoms with E-state index < -0.39 is 10.7 Å². The summed E-state index contributed by atoms with van der Waals surface area (Å²) in [5.74, 6) is 0.224. The predicted molar refractivity (Wildman–Crippen MR) is 58.9 cm³/mol. The lowest BCUT2D eigenvalue weighted by Gasteiger charge is -2.04. The summed E-state index contributed by atoms with van der Waals surface area (Å²) in [5.41, 5.74) is 0.764. The Balaban J connectivity index is 2.81. The van der Waals surface area contributed by atoms with E-state index in [1.54, 1.807) is 37.3 Å². The van der Waals surface area contributed by atoms with Gasteiger partial charge in [0.05, 0.1) is 4.90 Å². The number of aromatic hydroxyl groups is 1. The van der Waals surface area contributed by atoms with Crippen molar-refractivity contribution in [2.45, 2.75) is 11.8 Å². The van der Waals surface area contributed by atoms with Gasteiger partial charge in [-0.1, -0.05) is 12.1 Å². The fourth-order valence-electron chi connectivity index (χ4n) is 1.57. The average molecular weight is 222 g/mol. The first-order valence-electron chi connectivity index (χ1n) is 4.46. The molecule has 3 nitrogen and oxygen atoms in total. The quantitative estimate of drug-likeness (QED) is 0.724. The Bertz CT molecular complexity index is 592. The van der Waals surface area contributed by atoms with Crippen LogP contribution in [0.25, 0.3) is 10.8 Å². The zero-order chi connectivity index (χ0) is 11.0. The summed E-state index contributed by atoms with van der Waals surface area (Å²) in [4.78, 5) is 0.294. The minimum atomic E-state index is -2.55. The molecule has 0 amide bonds. The van der Waals surface area contributed by atoms with E-state index in [-0.39, 0.29) is 5.75 Å². The molecule has 2 aromatic rings. The summed E-state index contributed by atoms with van der Waals surface area (Å²) in [6, 6.07) is 8.14. The lowest BCUT2D eigenvalue weighted by atomic mass is 10.1. The number of benzene rings is 2. The molecule has 0 aromatic heterocycles. The minimum Gasteiger partial charge on any atom is -0.508 e. The van der Waals surface area contributed by atoms with Crippen molar-refractivity contribution in [1.82, 2.24) is 0 Å². The van der Waals surface area contributed by atoms with E-state index in [9.17, 15) is 13.5 Å². The van der Waals surface area contributed by atoms with E-state index in [1.165, 1.54) is 0 Å². The van der Waals surface area contributed by atoms with Gasteiger partial charge in [0.2, 0.25) is 0 Å². The molecular weight excluding hydrogens is 212 g/mol. The van der Waals surface area contributed by atoms with Crippen molar-refractivity contribution in [1.29, 1.82) is 0 Å². The van der Waals surface area contributed by atoms with Crippen LogP contribution < -0.4 is 0 Å². The number of rotatable bonds is 1. The van der Waals surface area contributed by atoms with Gasteiger partial charge in [-0.2, -0.15) is 0 Å². The number of phenolic OH excluding ortho intramolecular Hbond substituents is 1. The van der Waals surface area contributed by atoms with Crippen molar-refractivity contribution in [2.24, 2.45) is 0 Å². The molecule has 0 unspecified atom stereocenters. The molecule has 0 saturated carbocycles. The van der Waals surface area contributed by atoms with Crippen LogP contribution in [0.2, 0.25) is 0 Å². The van der Waals surface area contributed by atoms with E-state index in [2.05, 4.69) is 0 Å². The maximum atomic E-state index is 10.8. The highest BCUT2D eigenvalue weighted by Gasteiger charge is 2.03. The summed E-state index contributed by atoms with van der Waals surface area (Å²) >= 11 is 0. The van der Waals surface area contributed by atoms with E-state index in [0.29, 0.717) is 4.90 Å². The smallest absolute Gasteiger partial charge is 0.168 e. The highest BCUT2D eigenvalue weighted by atomic mass is 32.2. The van der Waals surface area contributed by atoms with Crippen molar-refractivity contribution in [3.05, 3.63) is 35.9 Å². The van der Waals surface area contributed by atoms with Crippen LogP contribution in [0.4, 0.5) is 0 Å². The molecule has 0 spiro atoms. The monoisotopic (exact) mass is 222 g/mol. The standard InChI is InChI=1S/C11H10O3S/c1-7-10-4-3-9(15(13)14)6-8(10)2-5-11(7)12/h2-6,12,15H,1H3. The molecule has 1 N–H and O–H groups in total. The Labute approximate surface area is 88.9 Å². The molecule has 2 rings (SSSR count). The molecule has 0 bridgehead atoms. The van der Waals surface area contributed by atoms with Gasteiger partial charge in [0.1, 0.15) is 5.75 Å². The van der Waals surface area contributed by atoms with E-state index in [4.69, 9.17) is 0 Å². The molecule has 4 heteroatoms. The molecular formula is C11H10O3S. The van der Waals surface area contributed by atoms with Gasteiger partial charge in [-0.25, -0.2) is 8.42 Å². The zero-order valence-corrected chi connectivity index (χ0v) is 8.99. The highest BCUT2D eigenvalue weighted by molar-refractivity contribution is 7.72. The predicted octanol–water partition coefficient (Wildman–Crippen LogP) is 1.82. The van der Waals surface area contributed by atoms with Crippen molar-refractivity contribution in [3.63, 3.8) is 0 Å². The van der Waals surface area contributed by atoms with Gasteiger partial charge in [0, 0.05) is 0 Å². The van der Waals surface area contributed by atoms with Gasteiger partial charge < -0.3 is 5.11 Å². The molecule has 0 aliphatic rings. The maximum absolute atomic E-state index is 10.8. The van der Waals surface area contributed by atoms with Gasteiger partial charge in [-0.15, -0.1) is 0 Å². The molecule has 2 aromatic carbocycles. The van der Waals surface area contributed by atoms with Gasteiger partial charge in [-0.05, 0) is 41.5 Å². The lowest BCUT2D eigenvalue weighted by Crippen LogP contribution is -1.83. The number of hydrogen-bond acceptors (Lipinski definition) is 3. The van der Waals surface area contributed by atoms with Crippen LogP contribution >= 0.6 is 0 Å². The molecule has 0 atom stereocenters. The fourth-order valence-corrected chi connectivity index (χ4v) is 2.02. The number of phenols is 1. The van der Waals surface area contributed by atoms with Gasteiger partial charge in [-0.3, -0.25) is 0 Å². The molecule has 0 fully saturated rings. The Morgan fingerprint density at radius 2 is 1.87 bits per heavy atom. The van der Waals surface area contributed by atoms with Crippen LogP contribution in [0, 0.1) is 6.92 Å². The largest absolute Gasteiger partial charge is 0.508 e. The third-order valence-corrected chi connectivity index (χ3v) is 3.15. The number of fused-ring (bicyclic) bond motifs is 1. The van der Waals surface area contributed by atoms with Gasteiger partial charge in [0.15, 0.2) is 10.7 Å². The minimum absolute atomic E-state index is 0.224. The summed E-state index contributed by atoms with van der Waals surface area (Å²) < 4.78 is 21.6. The third-order valence-electron chi connectivity index (χ3n) is 2.45. The van der Waals surface area contributed by atoms with E-state index >= 15 is 0 Å². The normalized spacial score (nSPS) is 11.1. The van der Waals surface area contributed by atoms with Crippen molar-refractivity contribution in [2.75, 3.05) is 0 Å². The van der Waals surface area contributed by atoms with E-state index in [0.717, 1.165) is 16.3 Å². The van der Waals surface area contributed by atoms with E-state index in [1.807, 2.05) is 0 Å². The summed E-state index contributed by atoms with van der Waals surface area (Å²) in [5, 5.41) is 11.2. The topological polar surface area (TPSA) is 54.4 Å². The van der Waals surface area contributed by atoms with Crippen molar-refractivity contribution < 1.29 is 13.5 Å². The van der Waals surface area contributed by atoms with Gasteiger partial charge >= 0.3 is 0 Å². The van der Waals surface area contributed by atoms with Crippen LogP contribution in [-0.4, -0.2) is 13.5 Å². The SMILES string of the molecule is Cc1c(O)ccc2cc([SH](=O)=O)ccc12. The molecule has 0 aliphatic carbocycles. The Morgan fingerprint density at radius 1 is 1.13 bits per heavy atom. The molecule has 15 heavy (non-hydrogen) atoms. The highest BCUT2D eigenvalue weighted by Crippen LogP contribution is 2.26. The maximum Gasteiger partial charge on any atom is 0.168 e. The summed E-state index contributed by atoms with van der Waals surface area (Å²) in [6.45, 7) is 1.80. The van der Waals surface area contributed by atoms with Gasteiger partial charge in [0.25, 0.3) is 0 Å². The number of hydrogen-bond donors (Lipinski definition) is 2. The third kappa shape index (κ3) is 1.68. The Hall–Kier alpha value is -1.55. The number of thiol groups is 1. The second-order valence-corrected chi connectivity index (χ2v) is 4.40. The van der Waals surface area contributed by atoms with Crippen LogP contribution in [0.3, 0.4) is 0 Å². The average Bonchev–Trinajstić information content (AvgIpc) is 2.23. The van der Waals surface area contributed by atoms with Crippen LogP contribution in [0.15, 0.2) is 35.2 Å². The fraction of sp³-hybridized carbons (Fsp3) is 0.0909. The van der Waals surface area contributed by atoms with Crippen LogP contribution in [0.1, 0.15) is 5.56 Å². The second-order valence-electron chi connectivity index (χ2n) is 3.37. The molecule has 78 valence electrons. The number of aryl methyl sites for hydroxylation is 1. The Morgan fingerprint density at radius 3 is 2.53 bits per heavy atom. The molecule has 0 radical (unpaired) electrons. The summed E-state index contributed by atoms with van der Waals surface area (Å²) in [6.07, 6.45) is 0. The van der Waals surface area contributed by atoms with Crippen LogP contribution in [-0.2, 0) is 10.7 Å². The first kappa shape index (κ1) is 9.98. The second kappa shape index (κ2) is 3.55. The van der Waals surface area contributed by atoms with Crippen molar-refractivity contribution >= 4 is 21.5 Å². The first-order valence-corrected chi connectivity index (χ1v) is 5.64. The zero-order valence-electron chi connectivity index (χ0n) is 8.10. The Kier molecular flexibility index (Phi) is 2.36. The van der Waals surface area contributed by atoms with Crippen molar-refractivity contribution in [3.8, 4) is 5.75 Å². The molecule has 0 heterocycles. The lowest BCUT2D eigenvalue weighted by molar-refractivity contribution is 0.472. The summed E-state index contributed by atoms with van der Waals surface area (Å²) in [7, 11) is -2.55. The molecule has 0 aliphatic heterocycles. The van der Waals surface area contributed by atoms with Crippen LogP contribution in [0.5, 0.6) is 5.75 Å². The molecule has 0 saturated heterocycles.